The van der Waals surface area contributed by atoms with Gasteiger partial charge in [-0.3, -0.25) is 9.36 Å². The zero-order chi connectivity index (χ0) is 23.5. The first kappa shape index (κ1) is 22.9. The van der Waals surface area contributed by atoms with Crippen molar-refractivity contribution in [1.82, 2.24) is 19.6 Å². The van der Waals surface area contributed by atoms with Crippen LogP contribution in [0.15, 0.2) is 54.9 Å². The first-order valence-corrected chi connectivity index (χ1v) is 11.2. The van der Waals surface area contributed by atoms with E-state index in [0.717, 1.165) is 17.1 Å². The molecule has 0 amide bonds. The molecule has 0 bridgehead atoms. The molecule has 0 aliphatic rings. The monoisotopic (exact) mass is 482 g/mol. The molecule has 0 fully saturated rings. The minimum Gasteiger partial charge on any atom is -0.330 e. The topological polar surface area (TPSA) is 59.7 Å². The number of hydrogen-bond acceptors (Lipinski definition) is 3. The highest BCUT2D eigenvalue weighted by Gasteiger charge is 2.14. The standard InChI is InChI=1S/C24H24ClFN6S/c1-15-7-9-18(10-8-15)12-32-17(3)23(16(2)30-32)29-24(33)28-19-11-27-31(13-19)14-20-21(25)5-4-6-22(20)26/h4-11,13H,12,14H2,1-3H3,(H2,28,29,33). The molecule has 4 aromatic rings. The van der Waals surface area contributed by atoms with Crippen LogP contribution in [0.3, 0.4) is 0 Å². The normalized spacial score (nSPS) is 10.9. The second-order valence-corrected chi connectivity index (χ2v) is 8.71. The van der Waals surface area contributed by atoms with Crippen LogP contribution in [0.2, 0.25) is 5.02 Å². The van der Waals surface area contributed by atoms with Crippen molar-refractivity contribution in [3.05, 3.63) is 93.8 Å². The molecule has 9 heteroatoms. The molecule has 2 heterocycles. The van der Waals surface area contributed by atoms with E-state index >= 15 is 0 Å². The fourth-order valence-electron chi connectivity index (χ4n) is 3.53. The van der Waals surface area contributed by atoms with Gasteiger partial charge >= 0.3 is 0 Å². The zero-order valence-corrected chi connectivity index (χ0v) is 20.1. The highest BCUT2D eigenvalue weighted by atomic mass is 35.5. The lowest BCUT2D eigenvalue weighted by atomic mass is 10.1. The van der Waals surface area contributed by atoms with Crippen molar-refractivity contribution in [2.24, 2.45) is 0 Å². The van der Waals surface area contributed by atoms with Crippen LogP contribution in [0.4, 0.5) is 15.8 Å². The first-order chi connectivity index (χ1) is 15.8. The minimum atomic E-state index is -0.363. The lowest BCUT2D eigenvalue weighted by molar-refractivity contribution is 0.585. The molecular formula is C24H24ClFN6S. The minimum absolute atomic E-state index is 0.220. The van der Waals surface area contributed by atoms with Crippen LogP contribution in [0.25, 0.3) is 0 Å². The van der Waals surface area contributed by atoms with E-state index in [2.05, 4.69) is 52.0 Å². The van der Waals surface area contributed by atoms with Gasteiger partial charge in [0.2, 0.25) is 0 Å². The molecule has 2 N–H and O–H groups in total. The van der Waals surface area contributed by atoms with E-state index < -0.39 is 0 Å². The van der Waals surface area contributed by atoms with Crippen LogP contribution in [-0.2, 0) is 13.1 Å². The largest absolute Gasteiger partial charge is 0.330 e. The Morgan fingerprint density at radius 2 is 1.82 bits per heavy atom. The van der Waals surface area contributed by atoms with Gasteiger partial charge in [-0.25, -0.2) is 4.39 Å². The highest BCUT2D eigenvalue weighted by molar-refractivity contribution is 7.80. The van der Waals surface area contributed by atoms with E-state index in [1.807, 2.05) is 18.5 Å². The molecule has 170 valence electrons. The Kier molecular flexibility index (Phi) is 6.76. The quantitative estimate of drug-likeness (QED) is 0.345. The van der Waals surface area contributed by atoms with E-state index in [4.69, 9.17) is 23.8 Å². The maximum absolute atomic E-state index is 14.0. The number of nitrogens with zero attached hydrogens (tertiary/aromatic N) is 4. The molecule has 0 unspecified atom stereocenters. The smallest absolute Gasteiger partial charge is 0.175 e. The summed E-state index contributed by atoms with van der Waals surface area (Å²) in [5, 5.41) is 16.1. The summed E-state index contributed by atoms with van der Waals surface area (Å²) < 4.78 is 17.6. The van der Waals surface area contributed by atoms with Crippen molar-refractivity contribution in [3.8, 4) is 0 Å². The van der Waals surface area contributed by atoms with Crippen molar-refractivity contribution in [3.63, 3.8) is 0 Å². The van der Waals surface area contributed by atoms with Gasteiger partial charge < -0.3 is 10.6 Å². The van der Waals surface area contributed by atoms with Crippen LogP contribution in [0, 0.1) is 26.6 Å². The molecule has 4 rings (SSSR count). The molecule has 0 aliphatic carbocycles. The van der Waals surface area contributed by atoms with Gasteiger partial charge in [-0.05, 0) is 50.7 Å². The number of hydrogen-bond donors (Lipinski definition) is 2. The number of aromatic nitrogens is 4. The summed E-state index contributed by atoms with van der Waals surface area (Å²) in [4.78, 5) is 0. The second-order valence-electron chi connectivity index (χ2n) is 7.89. The predicted octanol–water partition coefficient (Wildman–Crippen LogP) is 5.70. The van der Waals surface area contributed by atoms with Gasteiger partial charge in [0.25, 0.3) is 0 Å². The number of benzene rings is 2. The van der Waals surface area contributed by atoms with Crippen LogP contribution in [-0.4, -0.2) is 24.7 Å². The van der Waals surface area contributed by atoms with Crippen molar-refractivity contribution >= 4 is 40.3 Å². The first-order valence-electron chi connectivity index (χ1n) is 10.4. The number of halogens is 2. The molecule has 2 aromatic heterocycles. The van der Waals surface area contributed by atoms with E-state index in [1.165, 1.54) is 17.2 Å². The molecule has 33 heavy (non-hydrogen) atoms. The molecule has 6 nitrogen and oxygen atoms in total. The van der Waals surface area contributed by atoms with Crippen molar-refractivity contribution in [1.29, 1.82) is 0 Å². The Morgan fingerprint density at radius 1 is 1.06 bits per heavy atom. The summed E-state index contributed by atoms with van der Waals surface area (Å²) in [6.45, 7) is 6.93. The van der Waals surface area contributed by atoms with Gasteiger partial charge in [0, 0.05) is 16.8 Å². The molecule has 0 saturated heterocycles. The van der Waals surface area contributed by atoms with Gasteiger partial charge in [-0.2, -0.15) is 10.2 Å². The van der Waals surface area contributed by atoms with Gasteiger partial charge in [-0.1, -0.05) is 47.5 Å². The summed E-state index contributed by atoms with van der Waals surface area (Å²) in [5.41, 5.74) is 6.19. The maximum Gasteiger partial charge on any atom is 0.175 e. The average Bonchev–Trinajstić information content (AvgIpc) is 3.31. The van der Waals surface area contributed by atoms with Crippen molar-refractivity contribution in [2.75, 3.05) is 10.6 Å². The third-order valence-corrected chi connectivity index (χ3v) is 5.90. The summed E-state index contributed by atoms with van der Waals surface area (Å²) in [5.74, 6) is -0.363. The van der Waals surface area contributed by atoms with E-state index in [-0.39, 0.29) is 12.4 Å². The zero-order valence-electron chi connectivity index (χ0n) is 18.6. The Bertz CT molecular complexity index is 1270. The van der Waals surface area contributed by atoms with Crippen molar-refractivity contribution in [2.45, 2.75) is 33.9 Å². The fourth-order valence-corrected chi connectivity index (χ4v) is 3.98. The lowest BCUT2D eigenvalue weighted by Gasteiger charge is -2.10. The molecule has 0 saturated carbocycles. The third kappa shape index (κ3) is 5.40. The SMILES string of the molecule is Cc1ccc(Cn2nc(C)c(NC(=S)Nc3cnn(Cc4c(F)cccc4Cl)c3)c2C)cc1. The van der Waals surface area contributed by atoms with Gasteiger partial charge in [0.1, 0.15) is 5.82 Å². The van der Waals surface area contributed by atoms with Crippen LogP contribution in [0.5, 0.6) is 0 Å². The molecule has 2 aromatic carbocycles. The summed E-state index contributed by atoms with van der Waals surface area (Å²) in [6, 6.07) is 13.0. The van der Waals surface area contributed by atoms with E-state index in [9.17, 15) is 4.39 Å². The van der Waals surface area contributed by atoms with E-state index in [1.54, 1.807) is 29.2 Å². The van der Waals surface area contributed by atoms with Crippen LogP contribution >= 0.6 is 23.8 Å². The molecule has 0 radical (unpaired) electrons. The molecule has 0 atom stereocenters. The van der Waals surface area contributed by atoms with Gasteiger partial charge in [-0.15, -0.1) is 0 Å². The Morgan fingerprint density at radius 3 is 2.55 bits per heavy atom. The number of aryl methyl sites for hydroxylation is 2. The number of rotatable bonds is 6. The number of anilines is 2. The summed E-state index contributed by atoms with van der Waals surface area (Å²) in [6.07, 6.45) is 3.38. The third-order valence-electron chi connectivity index (χ3n) is 5.35. The maximum atomic E-state index is 14.0. The Balaban J connectivity index is 1.41. The van der Waals surface area contributed by atoms with Crippen LogP contribution < -0.4 is 10.6 Å². The number of nitrogens with one attached hydrogen (secondary N) is 2. The second kappa shape index (κ2) is 9.72. The summed E-state index contributed by atoms with van der Waals surface area (Å²) >= 11 is 11.6. The van der Waals surface area contributed by atoms with Gasteiger partial charge in [0.15, 0.2) is 5.11 Å². The van der Waals surface area contributed by atoms with Crippen molar-refractivity contribution < 1.29 is 4.39 Å². The van der Waals surface area contributed by atoms with Crippen LogP contribution in [0.1, 0.15) is 28.1 Å². The molecular weight excluding hydrogens is 459 g/mol. The summed E-state index contributed by atoms with van der Waals surface area (Å²) in [7, 11) is 0. The van der Waals surface area contributed by atoms with Gasteiger partial charge in [0.05, 0.1) is 42.0 Å². The van der Waals surface area contributed by atoms with E-state index in [0.29, 0.717) is 27.9 Å². The number of thiocarbonyl (C=S) groups is 1. The highest BCUT2D eigenvalue weighted by Crippen LogP contribution is 2.22. The Labute approximate surface area is 202 Å². The fraction of sp³-hybridized carbons (Fsp3) is 0.208. The molecule has 0 aliphatic heterocycles. The Hall–Kier alpha value is -3.23. The lowest BCUT2D eigenvalue weighted by Crippen LogP contribution is -2.19. The average molecular weight is 483 g/mol. The molecule has 0 spiro atoms. The predicted molar refractivity (Wildman–Crippen MR) is 135 cm³/mol.